The largest absolute Gasteiger partial charge is 0.359 e. The third-order valence-corrected chi connectivity index (χ3v) is 4.34. The van der Waals surface area contributed by atoms with Gasteiger partial charge in [0.25, 0.3) is 0 Å². The van der Waals surface area contributed by atoms with Gasteiger partial charge in [0.1, 0.15) is 5.82 Å². The summed E-state index contributed by atoms with van der Waals surface area (Å²) in [6, 6.07) is 7.63. The molecule has 1 N–H and O–H groups in total. The molecule has 1 aliphatic carbocycles. The van der Waals surface area contributed by atoms with Gasteiger partial charge in [-0.3, -0.25) is 4.79 Å². The van der Waals surface area contributed by atoms with Crippen LogP contribution < -0.4 is 5.32 Å². The van der Waals surface area contributed by atoms with Crippen LogP contribution in [-0.2, 0) is 17.6 Å². The van der Waals surface area contributed by atoms with Gasteiger partial charge >= 0.3 is 0 Å². The minimum absolute atomic E-state index is 0.0204. The Hall–Kier alpha value is -1.89. The highest BCUT2D eigenvalue weighted by atomic mass is 19.1. The van der Waals surface area contributed by atoms with Crippen LogP contribution in [0, 0.1) is 22.6 Å². The summed E-state index contributed by atoms with van der Waals surface area (Å²) in [5, 5.41) is 11.8. The van der Waals surface area contributed by atoms with Crippen LogP contribution in [0.25, 0.3) is 0 Å². The summed E-state index contributed by atoms with van der Waals surface area (Å²) in [6.07, 6.45) is 5.17. The van der Waals surface area contributed by atoms with Crippen LogP contribution in [-0.4, -0.2) is 13.0 Å². The standard InChI is InChI=1S/C17H21FN2O/c1-20-16(21)5-2-4-14-7-6-13(10-15(14)18)11-17(12-19)8-3-9-17/h6-7,10H,2-5,8-9,11H2,1H3,(H,20,21). The summed E-state index contributed by atoms with van der Waals surface area (Å²) in [6.45, 7) is 0. The van der Waals surface area contributed by atoms with E-state index in [0.717, 1.165) is 24.8 Å². The third kappa shape index (κ3) is 3.81. The van der Waals surface area contributed by atoms with Crippen molar-refractivity contribution in [1.82, 2.24) is 5.32 Å². The number of nitrogens with zero attached hydrogens (tertiary/aromatic N) is 1. The van der Waals surface area contributed by atoms with E-state index >= 15 is 0 Å². The van der Waals surface area contributed by atoms with E-state index in [1.165, 1.54) is 0 Å². The van der Waals surface area contributed by atoms with E-state index in [9.17, 15) is 14.4 Å². The van der Waals surface area contributed by atoms with Crippen LogP contribution in [0.15, 0.2) is 18.2 Å². The number of carbonyl (C=O) groups excluding carboxylic acids is 1. The van der Waals surface area contributed by atoms with Gasteiger partial charge in [-0.05, 0) is 49.3 Å². The van der Waals surface area contributed by atoms with Crippen molar-refractivity contribution < 1.29 is 9.18 Å². The van der Waals surface area contributed by atoms with Gasteiger partial charge in [-0.1, -0.05) is 18.6 Å². The molecule has 1 aromatic carbocycles. The molecule has 1 aromatic rings. The lowest BCUT2D eigenvalue weighted by molar-refractivity contribution is -0.120. The molecular weight excluding hydrogens is 267 g/mol. The van der Waals surface area contributed by atoms with E-state index in [1.54, 1.807) is 19.2 Å². The van der Waals surface area contributed by atoms with Crippen LogP contribution >= 0.6 is 0 Å². The van der Waals surface area contributed by atoms with E-state index in [-0.39, 0.29) is 17.1 Å². The monoisotopic (exact) mass is 288 g/mol. The molecule has 0 spiro atoms. The van der Waals surface area contributed by atoms with E-state index in [4.69, 9.17) is 0 Å². The minimum atomic E-state index is -0.271. The summed E-state index contributed by atoms with van der Waals surface area (Å²) >= 11 is 0. The average Bonchev–Trinajstić information content (AvgIpc) is 2.44. The van der Waals surface area contributed by atoms with Crippen molar-refractivity contribution in [3.63, 3.8) is 0 Å². The van der Waals surface area contributed by atoms with Crippen molar-refractivity contribution in [2.24, 2.45) is 5.41 Å². The maximum atomic E-state index is 14.1. The Kier molecular flexibility index (Phi) is 4.95. The fourth-order valence-corrected chi connectivity index (χ4v) is 2.79. The highest BCUT2D eigenvalue weighted by Crippen LogP contribution is 2.43. The molecule has 3 nitrogen and oxygen atoms in total. The third-order valence-electron chi connectivity index (χ3n) is 4.34. The normalized spacial score (nSPS) is 15.9. The predicted molar refractivity (Wildman–Crippen MR) is 79.0 cm³/mol. The zero-order valence-electron chi connectivity index (χ0n) is 12.4. The van der Waals surface area contributed by atoms with E-state index in [2.05, 4.69) is 11.4 Å². The van der Waals surface area contributed by atoms with Crippen molar-refractivity contribution in [2.45, 2.75) is 44.9 Å². The first-order valence-corrected chi connectivity index (χ1v) is 7.48. The fourth-order valence-electron chi connectivity index (χ4n) is 2.79. The van der Waals surface area contributed by atoms with E-state index in [0.29, 0.717) is 31.2 Å². The van der Waals surface area contributed by atoms with Crippen LogP contribution in [0.1, 0.15) is 43.2 Å². The summed E-state index contributed by atoms with van der Waals surface area (Å²) in [7, 11) is 1.60. The maximum absolute atomic E-state index is 14.1. The van der Waals surface area contributed by atoms with Crippen molar-refractivity contribution in [3.8, 4) is 6.07 Å². The highest BCUT2D eigenvalue weighted by molar-refractivity contribution is 5.75. The molecule has 0 unspecified atom stereocenters. The van der Waals surface area contributed by atoms with Gasteiger partial charge in [-0.25, -0.2) is 4.39 Å². The van der Waals surface area contributed by atoms with Crippen LogP contribution in [0.2, 0.25) is 0 Å². The Morgan fingerprint density at radius 1 is 1.48 bits per heavy atom. The molecule has 0 saturated heterocycles. The van der Waals surface area contributed by atoms with Gasteiger partial charge in [-0.2, -0.15) is 5.26 Å². The molecule has 21 heavy (non-hydrogen) atoms. The highest BCUT2D eigenvalue weighted by Gasteiger charge is 2.37. The summed E-state index contributed by atoms with van der Waals surface area (Å²) < 4.78 is 14.1. The maximum Gasteiger partial charge on any atom is 0.219 e. The second-order valence-electron chi connectivity index (χ2n) is 5.87. The van der Waals surface area contributed by atoms with Gasteiger partial charge < -0.3 is 5.32 Å². The number of nitrogens with one attached hydrogen (secondary N) is 1. The SMILES string of the molecule is CNC(=O)CCCc1ccc(CC2(C#N)CCC2)cc1F. The number of rotatable bonds is 6. The van der Waals surface area contributed by atoms with Crippen molar-refractivity contribution in [3.05, 3.63) is 35.1 Å². The molecular formula is C17H21FN2O. The number of hydrogen-bond acceptors (Lipinski definition) is 2. The predicted octanol–water partition coefficient (Wildman–Crippen LogP) is 3.13. The number of hydrogen-bond donors (Lipinski definition) is 1. The van der Waals surface area contributed by atoms with Crippen molar-refractivity contribution in [2.75, 3.05) is 7.05 Å². The minimum Gasteiger partial charge on any atom is -0.359 e. The molecule has 1 aliphatic rings. The Labute approximate surface area is 125 Å². The number of nitriles is 1. The number of halogens is 1. The summed E-state index contributed by atoms with van der Waals surface area (Å²) in [5.74, 6) is -0.246. The van der Waals surface area contributed by atoms with Gasteiger partial charge in [0, 0.05) is 13.5 Å². The molecule has 2 rings (SSSR count). The lowest BCUT2D eigenvalue weighted by Crippen LogP contribution is -2.29. The van der Waals surface area contributed by atoms with Crippen molar-refractivity contribution in [1.29, 1.82) is 5.26 Å². The smallest absolute Gasteiger partial charge is 0.219 e. The second-order valence-corrected chi connectivity index (χ2v) is 5.87. The van der Waals surface area contributed by atoms with Gasteiger partial charge in [0.05, 0.1) is 11.5 Å². The Morgan fingerprint density at radius 2 is 2.24 bits per heavy atom. The van der Waals surface area contributed by atoms with Gasteiger partial charge in [-0.15, -0.1) is 0 Å². The van der Waals surface area contributed by atoms with Gasteiger partial charge in [0.15, 0.2) is 0 Å². The zero-order valence-corrected chi connectivity index (χ0v) is 12.4. The molecule has 112 valence electrons. The quantitative estimate of drug-likeness (QED) is 0.874. The molecule has 0 heterocycles. The Bertz CT molecular complexity index is 558. The van der Waals surface area contributed by atoms with Crippen LogP contribution in [0.5, 0.6) is 0 Å². The molecule has 1 amide bonds. The number of carbonyl (C=O) groups is 1. The lowest BCUT2D eigenvalue weighted by Gasteiger charge is -2.35. The molecule has 1 saturated carbocycles. The van der Waals surface area contributed by atoms with Crippen molar-refractivity contribution >= 4 is 5.91 Å². The van der Waals surface area contributed by atoms with Crippen LogP contribution in [0.4, 0.5) is 4.39 Å². The number of benzene rings is 1. The molecule has 1 fully saturated rings. The number of aryl methyl sites for hydroxylation is 1. The second kappa shape index (κ2) is 6.71. The lowest BCUT2D eigenvalue weighted by atomic mass is 9.66. The number of amides is 1. The topological polar surface area (TPSA) is 52.9 Å². The Morgan fingerprint density at radius 3 is 2.76 bits per heavy atom. The van der Waals surface area contributed by atoms with Crippen LogP contribution in [0.3, 0.4) is 0 Å². The first-order valence-electron chi connectivity index (χ1n) is 7.48. The fraction of sp³-hybridized carbons (Fsp3) is 0.529. The molecule has 0 aromatic heterocycles. The van der Waals surface area contributed by atoms with E-state index in [1.807, 2.05) is 6.07 Å². The zero-order chi connectivity index (χ0) is 15.3. The molecule has 4 heteroatoms. The summed E-state index contributed by atoms with van der Waals surface area (Å²) in [4.78, 5) is 11.1. The Balaban J connectivity index is 1.94. The first kappa shape index (κ1) is 15.5. The molecule has 0 atom stereocenters. The molecule has 0 bridgehead atoms. The molecule has 0 radical (unpaired) electrons. The van der Waals surface area contributed by atoms with E-state index < -0.39 is 0 Å². The molecule has 0 aliphatic heterocycles. The summed E-state index contributed by atoms with van der Waals surface area (Å²) in [5.41, 5.74) is 1.26. The average molecular weight is 288 g/mol. The first-order chi connectivity index (χ1) is 10.1. The van der Waals surface area contributed by atoms with Gasteiger partial charge in [0.2, 0.25) is 5.91 Å².